The van der Waals surface area contributed by atoms with Gasteiger partial charge in [-0.1, -0.05) is 30.3 Å². The van der Waals surface area contributed by atoms with Crippen LogP contribution in [0.1, 0.15) is 31.2 Å². The average molecular weight is 402 g/mol. The highest BCUT2D eigenvalue weighted by atomic mass is 35.5. The van der Waals surface area contributed by atoms with Crippen molar-refractivity contribution in [2.24, 2.45) is 5.73 Å². The Bertz CT molecular complexity index is 1030. The molecule has 0 bridgehead atoms. The Morgan fingerprint density at radius 1 is 1.15 bits per heavy atom. The molecule has 3 aromatic rings. The summed E-state index contributed by atoms with van der Waals surface area (Å²) in [6.45, 7) is 1.65. The quantitative estimate of drug-likeness (QED) is 0.703. The van der Waals surface area contributed by atoms with E-state index < -0.39 is 5.91 Å². The Balaban J connectivity index is 0.00000210. The highest BCUT2D eigenvalue weighted by Crippen LogP contribution is 2.36. The molecule has 3 N–H and O–H groups in total. The molecule has 0 atom stereocenters. The van der Waals surface area contributed by atoms with E-state index in [9.17, 15) is 9.59 Å². The van der Waals surface area contributed by atoms with Gasteiger partial charge in [0.25, 0.3) is 11.8 Å². The average Bonchev–Trinajstić information content (AvgIpc) is 2.98. The molecular weight excluding hydrogens is 382 g/mol. The number of fused-ring (bicyclic) bond motifs is 2. The van der Waals surface area contributed by atoms with Crippen molar-refractivity contribution in [1.29, 1.82) is 0 Å². The number of nitrogens with two attached hydrogens (primary N) is 1. The smallest absolute Gasteiger partial charge is 0.256 e. The van der Waals surface area contributed by atoms with Crippen molar-refractivity contribution >= 4 is 51.3 Å². The number of halogens is 1. The van der Waals surface area contributed by atoms with Gasteiger partial charge in [-0.05, 0) is 41.9 Å². The fourth-order valence-electron chi connectivity index (χ4n) is 3.39. The van der Waals surface area contributed by atoms with E-state index in [4.69, 9.17) is 5.73 Å². The molecule has 140 valence electrons. The van der Waals surface area contributed by atoms with Crippen LogP contribution >= 0.6 is 23.7 Å². The summed E-state index contributed by atoms with van der Waals surface area (Å²) in [5, 5.41) is 5.54. The number of amides is 2. The van der Waals surface area contributed by atoms with Gasteiger partial charge in [-0.25, -0.2) is 0 Å². The lowest BCUT2D eigenvalue weighted by Crippen LogP contribution is -2.27. The van der Waals surface area contributed by atoms with E-state index in [1.54, 1.807) is 6.07 Å². The molecule has 27 heavy (non-hydrogen) atoms. The highest BCUT2D eigenvalue weighted by molar-refractivity contribution is 7.17. The predicted octanol–water partition coefficient (Wildman–Crippen LogP) is 3.66. The molecule has 0 spiro atoms. The van der Waals surface area contributed by atoms with E-state index in [0.29, 0.717) is 16.1 Å². The molecule has 0 saturated carbocycles. The van der Waals surface area contributed by atoms with Gasteiger partial charge in [-0.3, -0.25) is 9.59 Å². The second-order valence-electron chi connectivity index (χ2n) is 6.58. The van der Waals surface area contributed by atoms with Gasteiger partial charge in [0.1, 0.15) is 5.00 Å². The first-order chi connectivity index (χ1) is 12.5. The molecule has 4 rings (SSSR count). The lowest BCUT2D eigenvalue weighted by Gasteiger charge is -2.22. The van der Waals surface area contributed by atoms with Gasteiger partial charge in [0.15, 0.2) is 0 Å². The standard InChI is InChI=1S/C20H19N3O2S.ClH/c1-23-9-8-15-16(11-23)26-20(17(15)18(21)24)22-19(25)14-7-6-12-4-2-3-5-13(12)10-14;/h2-7,10H,8-9,11H2,1H3,(H2,21,24)(H,22,25);1H. The first-order valence-electron chi connectivity index (χ1n) is 8.46. The first-order valence-corrected chi connectivity index (χ1v) is 9.27. The molecule has 1 aliphatic heterocycles. The van der Waals surface area contributed by atoms with Crippen LogP contribution in [0.2, 0.25) is 0 Å². The molecule has 0 unspecified atom stereocenters. The van der Waals surface area contributed by atoms with Crippen LogP contribution in [0.5, 0.6) is 0 Å². The number of benzene rings is 2. The van der Waals surface area contributed by atoms with E-state index in [1.165, 1.54) is 11.3 Å². The minimum Gasteiger partial charge on any atom is -0.365 e. The fraction of sp³-hybridized carbons (Fsp3) is 0.200. The number of likely N-dealkylation sites (N-methyl/N-ethyl adjacent to an activating group) is 1. The molecule has 0 saturated heterocycles. The number of nitrogens with one attached hydrogen (secondary N) is 1. The molecule has 5 nitrogen and oxygen atoms in total. The molecule has 7 heteroatoms. The number of carbonyl (C=O) groups is 2. The Morgan fingerprint density at radius 3 is 2.63 bits per heavy atom. The van der Waals surface area contributed by atoms with Gasteiger partial charge < -0.3 is 16.0 Å². The maximum atomic E-state index is 12.7. The predicted molar refractivity (Wildman–Crippen MR) is 112 cm³/mol. The number of hydrogen-bond acceptors (Lipinski definition) is 4. The monoisotopic (exact) mass is 401 g/mol. The van der Waals surface area contributed by atoms with E-state index >= 15 is 0 Å². The Labute approximate surface area is 167 Å². The number of rotatable bonds is 3. The number of anilines is 1. The number of nitrogens with zero attached hydrogens (tertiary/aromatic N) is 1. The van der Waals surface area contributed by atoms with Crippen LogP contribution in [0.15, 0.2) is 42.5 Å². The van der Waals surface area contributed by atoms with Crippen molar-refractivity contribution in [3.63, 3.8) is 0 Å². The van der Waals surface area contributed by atoms with Gasteiger partial charge in [-0.2, -0.15) is 0 Å². The van der Waals surface area contributed by atoms with Gasteiger partial charge in [-0.15, -0.1) is 23.7 Å². The van der Waals surface area contributed by atoms with Crippen molar-refractivity contribution in [1.82, 2.24) is 4.90 Å². The molecule has 0 fully saturated rings. The largest absolute Gasteiger partial charge is 0.365 e. The minimum atomic E-state index is -0.485. The van der Waals surface area contributed by atoms with Crippen molar-refractivity contribution in [2.75, 3.05) is 18.9 Å². The van der Waals surface area contributed by atoms with Gasteiger partial charge in [0, 0.05) is 23.5 Å². The van der Waals surface area contributed by atoms with Crippen LogP contribution < -0.4 is 11.1 Å². The summed E-state index contributed by atoms with van der Waals surface area (Å²) in [5.74, 6) is -0.717. The van der Waals surface area contributed by atoms with Crippen molar-refractivity contribution in [2.45, 2.75) is 13.0 Å². The zero-order valence-electron chi connectivity index (χ0n) is 14.8. The van der Waals surface area contributed by atoms with Gasteiger partial charge >= 0.3 is 0 Å². The summed E-state index contributed by atoms with van der Waals surface area (Å²) < 4.78 is 0. The van der Waals surface area contributed by atoms with Crippen LogP contribution in [0.4, 0.5) is 5.00 Å². The third kappa shape index (κ3) is 3.69. The number of thiophene rings is 1. The number of primary amides is 1. The van der Waals surface area contributed by atoms with Crippen LogP contribution in [-0.4, -0.2) is 30.3 Å². The van der Waals surface area contributed by atoms with Crippen molar-refractivity contribution in [3.8, 4) is 0 Å². The molecule has 1 aromatic heterocycles. The van der Waals surface area contributed by atoms with E-state index in [2.05, 4.69) is 10.2 Å². The summed E-state index contributed by atoms with van der Waals surface area (Å²) >= 11 is 1.45. The Morgan fingerprint density at radius 2 is 1.89 bits per heavy atom. The highest BCUT2D eigenvalue weighted by Gasteiger charge is 2.26. The lowest BCUT2D eigenvalue weighted by atomic mass is 10.0. The summed E-state index contributed by atoms with van der Waals surface area (Å²) in [7, 11) is 2.04. The van der Waals surface area contributed by atoms with Crippen molar-refractivity contribution in [3.05, 3.63) is 64.0 Å². The zero-order chi connectivity index (χ0) is 18.3. The van der Waals surface area contributed by atoms with Crippen LogP contribution in [0.3, 0.4) is 0 Å². The zero-order valence-corrected chi connectivity index (χ0v) is 16.5. The van der Waals surface area contributed by atoms with E-state index in [0.717, 1.165) is 40.7 Å². The summed E-state index contributed by atoms with van der Waals surface area (Å²) in [6.07, 6.45) is 0.770. The maximum absolute atomic E-state index is 12.7. The molecule has 2 heterocycles. The van der Waals surface area contributed by atoms with Crippen LogP contribution in [0.25, 0.3) is 10.8 Å². The molecular formula is C20H20ClN3O2S. The fourth-order valence-corrected chi connectivity index (χ4v) is 4.71. The number of hydrogen-bond donors (Lipinski definition) is 2. The van der Waals surface area contributed by atoms with E-state index in [-0.39, 0.29) is 18.3 Å². The van der Waals surface area contributed by atoms with Crippen LogP contribution in [-0.2, 0) is 13.0 Å². The number of carbonyl (C=O) groups excluding carboxylic acids is 2. The molecule has 2 amide bonds. The summed E-state index contributed by atoms with van der Waals surface area (Å²) in [6, 6.07) is 13.5. The minimum absolute atomic E-state index is 0. The molecule has 2 aromatic carbocycles. The Kier molecular flexibility index (Phi) is 5.51. The third-order valence-electron chi connectivity index (χ3n) is 4.73. The second-order valence-corrected chi connectivity index (χ2v) is 7.68. The molecule has 0 radical (unpaired) electrons. The van der Waals surface area contributed by atoms with Crippen molar-refractivity contribution < 1.29 is 9.59 Å². The van der Waals surface area contributed by atoms with Crippen LogP contribution in [0, 0.1) is 0 Å². The normalized spacial score (nSPS) is 13.7. The molecule has 1 aliphatic rings. The van der Waals surface area contributed by atoms with E-state index in [1.807, 2.05) is 43.4 Å². The Hall–Kier alpha value is -2.41. The van der Waals surface area contributed by atoms with Gasteiger partial charge in [0.2, 0.25) is 0 Å². The molecule has 0 aliphatic carbocycles. The maximum Gasteiger partial charge on any atom is 0.256 e. The summed E-state index contributed by atoms with van der Waals surface area (Å²) in [4.78, 5) is 28.0. The topological polar surface area (TPSA) is 75.4 Å². The first kappa shape index (κ1) is 19.4. The SMILES string of the molecule is CN1CCc2c(sc(NC(=O)c3ccc4ccccc4c3)c2C(N)=O)C1.Cl. The second kappa shape index (κ2) is 7.68. The van der Waals surface area contributed by atoms with Gasteiger partial charge in [0.05, 0.1) is 5.56 Å². The lowest BCUT2D eigenvalue weighted by molar-refractivity contribution is 0.1000. The summed E-state index contributed by atoms with van der Waals surface area (Å²) in [5.41, 5.74) is 7.61. The third-order valence-corrected chi connectivity index (χ3v) is 5.87.